The predicted molar refractivity (Wildman–Crippen MR) is 74.0 cm³/mol. The number of fused-ring (bicyclic) bond motifs is 1. The van der Waals surface area contributed by atoms with Gasteiger partial charge in [0.15, 0.2) is 5.76 Å². The monoisotopic (exact) mass is 275 g/mol. The number of methoxy groups -OCH3 is 1. The third-order valence-corrected chi connectivity index (χ3v) is 3.79. The summed E-state index contributed by atoms with van der Waals surface area (Å²) in [5, 5.41) is 10.4. The predicted octanol–water partition coefficient (Wildman–Crippen LogP) is 1.96. The summed E-state index contributed by atoms with van der Waals surface area (Å²) in [7, 11) is 1.61. The molecule has 0 saturated carbocycles. The Balaban J connectivity index is 1.99. The lowest BCUT2D eigenvalue weighted by Crippen LogP contribution is -2.29. The van der Waals surface area contributed by atoms with E-state index in [-0.39, 0.29) is 5.91 Å². The number of hydrogen-bond donors (Lipinski definition) is 1. The summed E-state index contributed by atoms with van der Waals surface area (Å²) >= 11 is 0. The molecule has 0 spiro atoms. The van der Waals surface area contributed by atoms with E-state index in [9.17, 15) is 9.90 Å². The molecule has 5 heteroatoms. The number of carbonyl (C=O) groups is 1. The van der Waals surface area contributed by atoms with Crippen LogP contribution in [0.4, 0.5) is 0 Å². The molecule has 106 valence electrons. The lowest BCUT2D eigenvalue weighted by molar-refractivity contribution is 0.0735. The number of furan rings is 1. The van der Waals surface area contributed by atoms with Gasteiger partial charge in [-0.2, -0.15) is 0 Å². The molecule has 1 aliphatic heterocycles. The van der Waals surface area contributed by atoms with Gasteiger partial charge < -0.3 is 19.2 Å². The third kappa shape index (κ3) is 2.04. The zero-order valence-electron chi connectivity index (χ0n) is 11.5. The Bertz CT molecular complexity index is 661. The van der Waals surface area contributed by atoms with Crippen LogP contribution in [0.25, 0.3) is 11.0 Å². The molecule has 2 heterocycles. The van der Waals surface area contributed by atoms with E-state index in [1.54, 1.807) is 24.1 Å². The zero-order chi connectivity index (χ0) is 14.3. The highest BCUT2D eigenvalue weighted by Crippen LogP contribution is 2.30. The maximum Gasteiger partial charge on any atom is 0.289 e. The molecule has 1 aromatic carbocycles. The first-order valence-electron chi connectivity index (χ1n) is 6.64. The van der Waals surface area contributed by atoms with Crippen molar-refractivity contribution in [3.05, 3.63) is 29.5 Å². The van der Waals surface area contributed by atoms with Crippen LogP contribution in [0, 0.1) is 6.92 Å². The Morgan fingerprint density at radius 2 is 2.30 bits per heavy atom. The van der Waals surface area contributed by atoms with E-state index in [2.05, 4.69) is 0 Å². The van der Waals surface area contributed by atoms with Crippen LogP contribution in [0.3, 0.4) is 0 Å². The highest BCUT2D eigenvalue weighted by molar-refractivity contribution is 5.99. The molecular weight excluding hydrogens is 258 g/mol. The van der Waals surface area contributed by atoms with Crippen LogP contribution < -0.4 is 4.74 Å². The van der Waals surface area contributed by atoms with E-state index in [0.29, 0.717) is 30.9 Å². The van der Waals surface area contributed by atoms with Crippen LogP contribution in [-0.2, 0) is 0 Å². The molecule has 3 rings (SSSR count). The van der Waals surface area contributed by atoms with Gasteiger partial charge in [0, 0.05) is 24.0 Å². The largest absolute Gasteiger partial charge is 0.497 e. The average Bonchev–Trinajstić information content (AvgIpc) is 3.02. The van der Waals surface area contributed by atoms with Gasteiger partial charge >= 0.3 is 0 Å². The van der Waals surface area contributed by atoms with Crippen molar-refractivity contribution in [1.29, 1.82) is 0 Å². The topological polar surface area (TPSA) is 62.9 Å². The molecule has 1 saturated heterocycles. The number of ether oxygens (including phenoxy) is 1. The van der Waals surface area contributed by atoms with Crippen molar-refractivity contribution in [1.82, 2.24) is 4.90 Å². The fraction of sp³-hybridized carbons (Fsp3) is 0.400. The molecule has 1 aromatic heterocycles. The van der Waals surface area contributed by atoms with Gasteiger partial charge in [-0.1, -0.05) is 0 Å². The number of carbonyl (C=O) groups excluding carboxylic acids is 1. The third-order valence-electron chi connectivity index (χ3n) is 3.79. The van der Waals surface area contributed by atoms with Crippen molar-refractivity contribution in [2.45, 2.75) is 19.4 Å². The van der Waals surface area contributed by atoms with Crippen molar-refractivity contribution in [3.8, 4) is 5.75 Å². The summed E-state index contributed by atoms with van der Waals surface area (Å²) in [6.07, 6.45) is 0.197. The maximum atomic E-state index is 12.4. The number of benzene rings is 1. The molecule has 1 aliphatic rings. The van der Waals surface area contributed by atoms with Gasteiger partial charge in [0.05, 0.1) is 13.2 Å². The maximum absolute atomic E-state index is 12.4. The van der Waals surface area contributed by atoms with Crippen LogP contribution in [0.1, 0.15) is 22.5 Å². The second kappa shape index (κ2) is 4.83. The number of rotatable bonds is 2. The van der Waals surface area contributed by atoms with Gasteiger partial charge in [0.1, 0.15) is 11.3 Å². The minimum Gasteiger partial charge on any atom is -0.497 e. The first-order valence-corrected chi connectivity index (χ1v) is 6.64. The fourth-order valence-electron chi connectivity index (χ4n) is 2.60. The lowest BCUT2D eigenvalue weighted by atomic mass is 10.1. The molecule has 1 N–H and O–H groups in total. The highest BCUT2D eigenvalue weighted by atomic mass is 16.5. The number of nitrogens with zero attached hydrogens (tertiary/aromatic N) is 1. The molecule has 1 amide bonds. The van der Waals surface area contributed by atoms with Gasteiger partial charge in [0.2, 0.25) is 0 Å². The number of likely N-dealkylation sites (tertiary alicyclic amines) is 1. The molecule has 0 aliphatic carbocycles. The van der Waals surface area contributed by atoms with Crippen molar-refractivity contribution in [3.63, 3.8) is 0 Å². The highest BCUT2D eigenvalue weighted by Gasteiger charge is 2.29. The molecule has 20 heavy (non-hydrogen) atoms. The second-order valence-electron chi connectivity index (χ2n) is 5.11. The quantitative estimate of drug-likeness (QED) is 0.910. The SMILES string of the molecule is COc1ccc2oc(C(=O)N3CC[C@H](O)C3)c(C)c2c1. The normalized spacial score (nSPS) is 18.8. The molecule has 0 unspecified atom stereocenters. The van der Waals surface area contributed by atoms with Crippen LogP contribution in [0.2, 0.25) is 0 Å². The summed E-state index contributed by atoms with van der Waals surface area (Å²) in [5.41, 5.74) is 1.48. The Kier molecular flexibility index (Phi) is 3.14. The molecule has 1 atom stereocenters. The number of amides is 1. The molecule has 0 radical (unpaired) electrons. The number of aryl methyl sites for hydroxylation is 1. The van der Waals surface area contributed by atoms with Crippen molar-refractivity contribution < 1.29 is 19.1 Å². The molecule has 5 nitrogen and oxygen atoms in total. The van der Waals surface area contributed by atoms with E-state index < -0.39 is 6.10 Å². The molecule has 0 bridgehead atoms. The standard InChI is InChI=1S/C15H17NO4/c1-9-12-7-11(19-2)3-4-13(12)20-14(9)15(18)16-6-5-10(17)8-16/h3-4,7,10,17H,5-6,8H2,1-2H3/t10-/m0/s1. The smallest absolute Gasteiger partial charge is 0.289 e. The van der Waals surface area contributed by atoms with Gasteiger partial charge in [-0.15, -0.1) is 0 Å². The first kappa shape index (κ1) is 13.0. The number of hydrogen-bond acceptors (Lipinski definition) is 4. The van der Waals surface area contributed by atoms with Crippen molar-refractivity contribution in [2.24, 2.45) is 0 Å². The van der Waals surface area contributed by atoms with Gasteiger partial charge in [-0.25, -0.2) is 0 Å². The van der Waals surface area contributed by atoms with E-state index in [1.165, 1.54) is 0 Å². The Labute approximate surface area is 116 Å². The second-order valence-corrected chi connectivity index (χ2v) is 5.11. The summed E-state index contributed by atoms with van der Waals surface area (Å²) in [4.78, 5) is 14.1. The minimum absolute atomic E-state index is 0.158. The van der Waals surface area contributed by atoms with Crippen LogP contribution in [0.15, 0.2) is 22.6 Å². The van der Waals surface area contributed by atoms with Crippen molar-refractivity contribution >= 4 is 16.9 Å². The minimum atomic E-state index is -0.427. The van der Waals surface area contributed by atoms with E-state index in [1.807, 2.05) is 13.0 Å². The van der Waals surface area contributed by atoms with E-state index in [4.69, 9.17) is 9.15 Å². The van der Waals surface area contributed by atoms with Gasteiger partial charge in [-0.3, -0.25) is 4.79 Å². The van der Waals surface area contributed by atoms with Gasteiger partial charge in [-0.05, 0) is 31.5 Å². The summed E-state index contributed by atoms with van der Waals surface area (Å²) < 4.78 is 10.9. The Morgan fingerprint density at radius 1 is 1.50 bits per heavy atom. The summed E-state index contributed by atoms with van der Waals surface area (Å²) in [5.74, 6) is 0.925. The molecule has 2 aromatic rings. The van der Waals surface area contributed by atoms with Crippen LogP contribution in [0.5, 0.6) is 5.75 Å². The fourth-order valence-corrected chi connectivity index (χ4v) is 2.60. The average molecular weight is 275 g/mol. The molecular formula is C15H17NO4. The lowest BCUT2D eigenvalue weighted by Gasteiger charge is -2.13. The summed E-state index contributed by atoms with van der Waals surface area (Å²) in [6.45, 7) is 2.81. The summed E-state index contributed by atoms with van der Waals surface area (Å²) in [6, 6.07) is 5.47. The number of aliphatic hydroxyl groups is 1. The van der Waals surface area contributed by atoms with E-state index >= 15 is 0 Å². The van der Waals surface area contributed by atoms with Crippen LogP contribution in [-0.4, -0.2) is 42.2 Å². The van der Waals surface area contributed by atoms with Gasteiger partial charge in [0.25, 0.3) is 5.91 Å². The number of aliphatic hydroxyl groups excluding tert-OH is 1. The van der Waals surface area contributed by atoms with Crippen molar-refractivity contribution in [2.75, 3.05) is 20.2 Å². The Hall–Kier alpha value is -2.01. The number of β-amino-alcohol motifs (C(OH)–C–C–N with tert-alkyl or cyclic N) is 1. The zero-order valence-corrected chi connectivity index (χ0v) is 11.5. The Morgan fingerprint density at radius 3 is 2.95 bits per heavy atom. The van der Waals surface area contributed by atoms with Crippen LogP contribution >= 0.6 is 0 Å². The first-order chi connectivity index (χ1) is 9.60. The molecule has 1 fully saturated rings. The van der Waals surface area contributed by atoms with E-state index in [0.717, 1.165) is 16.7 Å².